The number of nitrogens with two attached hydrogens (primary N) is 2. The van der Waals surface area contributed by atoms with Gasteiger partial charge in [-0.25, -0.2) is 0 Å². The highest BCUT2D eigenvalue weighted by Gasteiger charge is 2.01. The quantitative estimate of drug-likeness (QED) is 0.363. The number of rotatable bonds is 3. The lowest BCUT2D eigenvalue weighted by molar-refractivity contribution is 0.458. The van der Waals surface area contributed by atoms with Crippen LogP contribution in [0.15, 0.2) is 10.2 Å². The van der Waals surface area contributed by atoms with E-state index in [1.165, 1.54) is 0 Å². The molecule has 0 saturated carbocycles. The fourth-order valence-electron chi connectivity index (χ4n) is 0.803. The smallest absolute Gasteiger partial charge is 0.216 e. The molecular weight excluding hydrogens is 180 g/mol. The standard InChI is InChI=1S/C8H20N6/c1-5-14(6-2)8(10)12-11-7(9)13(3)4/h5-6H2,1-4H3,(H2,9,11)(H2,10,12). The first-order valence-corrected chi connectivity index (χ1v) is 4.61. The van der Waals surface area contributed by atoms with Gasteiger partial charge < -0.3 is 21.3 Å². The largest absolute Gasteiger partial charge is 0.368 e. The minimum absolute atomic E-state index is 0.333. The molecule has 0 aromatic carbocycles. The summed E-state index contributed by atoms with van der Waals surface area (Å²) < 4.78 is 0. The fourth-order valence-corrected chi connectivity index (χ4v) is 0.803. The molecule has 0 aliphatic heterocycles. The van der Waals surface area contributed by atoms with Gasteiger partial charge in [-0.1, -0.05) is 0 Å². The predicted octanol–water partition coefficient (Wildman–Crippen LogP) is -0.566. The van der Waals surface area contributed by atoms with Crippen molar-refractivity contribution >= 4 is 11.9 Å². The van der Waals surface area contributed by atoms with Crippen LogP contribution in [-0.2, 0) is 0 Å². The van der Waals surface area contributed by atoms with Gasteiger partial charge in [-0.05, 0) is 13.8 Å². The molecule has 4 N–H and O–H groups in total. The van der Waals surface area contributed by atoms with Crippen LogP contribution in [0.1, 0.15) is 13.8 Å². The van der Waals surface area contributed by atoms with E-state index in [2.05, 4.69) is 10.2 Å². The van der Waals surface area contributed by atoms with Crippen LogP contribution in [0.2, 0.25) is 0 Å². The summed E-state index contributed by atoms with van der Waals surface area (Å²) in [5.74, 6) is 0.722. The second kappa shape index (κ2) is 6.06. The number of nitrogens with zero attached hydrogens (tertiary/aromatic N) is 4. The van der Waals surface area contributed by atoms with Gasteiger partial charge in [0.25, 0.3) is 0 Å². The van der Waals surface area contributed by atoms with Crippen LogP contribution in [0.4, 0.5) is 0 Å². The van der Waals surface area contributed by atoms with E-state index in [4.69, 9.17) is 11.5 Å². The Morgan fingerprint density at radius 2 is 1.43 bits per heavy atom. The van der Waals surface area contributed by atoms with Crippen LogP contribution >= 0.6 is 0 Å². The van der Waals surface area contributed by atoms with E-state index >= 15 is 0 Å². The second-order valence-electron chi connectivity index (χ2n) is 2.98. The van der Waals surface area contributed by atoms with Crippen molar-refractivity contribution in [3.63, 3.8) is 0 Å². The summed E-state index contributed by atoms with van der Waals surface area (Å²) in [6.45, 7) is 5.63. The molecule has 0 aromatic heterocycles. The molecule has 0 radical (unpaired) electrons. The van der Waals surface area contributed by atoms with Gasteiger partial charge in [0.15, 0.2) is 0 Å². The van der Waals surface area contributed by atoms with E-state index < -0.39 is 0 Å². The molecule has 0 saturated heterocycles. The van der Waals surface area contributed by atoms with E-state index in [0.717, 1.165) is 13.1 Å². The van der Waals surface area contributed by atoms with Crippen molar-refractivity contribution in [3.05, 3.63) is 0 Å². The Labute approximate surface area is 85.3 Å². The number of hydrogen-bond donors (Lipinski definition) is 2. The lowest BCUT2D eigenvalue weighted by Crippen LogP contribution is -2.37. The van der Waals surface area contributed by atoms with Crippen LogP contribution in [0.3, 0.4) is 0 Å². The van der Waals surface area contributed by atoms with Crippen molar-refractivity contribution in [1.82, 2.24) is 9.80 Å². The van der Waals surface area contributed by atoms with Crippen molar-refractivity contribution in [1.29, 1.82) is 0 Å². The SMILES string of the molecule is CCN(CC)C(N)=NN=C(N)N(C)C. The van der Waals surface area contributed by atoms with Gasteiger partial charge in [-0.2, -0.15) is 0 Å². The topological polar surface area (TPSA) is 83.2 Å². The Bertz CT molecular complexity index is 216. The third-order valence-electron chi connectivity index (χ3n) is 1.80. The number of hydrogen-bond acceptors (Lipinski definition) is 2. The lowest BCUT2D eigenvalue weighted by Gasteiger charge is -2.18. The molecule has 14 heavy (non-hydrogen) atoms. The zero-order valence-electron chi connectivity index (χ0n) is 9.36. The maximum atomic E-state index is 5.68. The Hall–Kier alpha value is -1.46. The second-order valence-corrected chi connectivity index (χ2v) is 2.98. The average Bonchev–Trinajstić information content (AvgIpc) is 2.15. The third-order valence-corrected chi connectivity index (χ3v) is 1.80. The summed E-state index contributed by atoms with van der Waals surface area (Å²) in [4.78, 5) is 3.56. The Balaban J connectivity index is 4.43. The van der Waals surface area contributed by atoms with E-state index in [-0.39, 0.29) is 0 Å². The highest BCUT2D eigenvalue weighted by molar-refractivity contribution is 5.81. The van der Waals surface area contributed by atoms with Crippen LogP contribution in [0.25, 0.3) is 0 Å². The molecule has 0 heterocycles. The summed E-state index contributed by atoms with van der Waals surface area (Å²) in [6, 6.07) is 0. The normalized spacial score (nSPS) is 12.9. The number of guanidine groups is 2. The van der Waals surface area contributed by atoms with Crippen LogP contribution in [-0.4, -0.2) is 48.9 Å². The molecule has 82 valence electrons. The van der Waals surface area contributed by atoms with Crippen LogP contribution < -0.4 is 11.5 Å². The van der Waals surface area contributed by atoms with Gasteiger partial charge >= 0.3 is 0 Å². The van der Waals surface area contributed by atoms with Crippen LogP contribution in [0.5, 0.6) is 0 Å². The van der Waals surface area contributed by atoms with E-state index in [1.807, 2.05) is 18.7 Å². The fraction of sp³-hybridized carbons (Fsp3) is 0.750. The van der Waals surface area contributed by atoms with Gasteiger partial charge in [0.1, 0.15) is 0 Å². The average molecular weight is 200 g/mol. The van der Waals surface area contributed by atoms with E-state index in [1.54, 1.807) is 19.0 Å². The van der Waals surface area contributed by atoms with Crippen molar-refractivity contribution in [2.24, 2.45) is 21.7 Å². The molecule has 0 rings (SSSR count). The zero-order valence-corrected chi connectivity index (χ0v) is 9.36. The van der Waals surface area contributed by atoms with Gasteiger partial charge in [0.2, 0.25) is 11.9 Å². The first-order chi connectivity index (χ1) is 6.52. The van der Waals surface area contributed by atoms with Crippen molar-refractivity contribution in [3.8, 4) is 0 Å². The van der Waals surface area contributed by atoms with E-state index in [9.17, 15) is 0 Å². The minimum atomic E-state index is 0.333. The highest BCUT2D eigenvalue weighted by atomic mass is 15.4. The zero-order chi connectivity index (χ0) is 11.1. The Kier molecular flexibility index (Phi) is 5.43. The van der Waals surface area contributed by atoms with Crippen molar-refractivity contribution in [2.45, 2.75) is 13.8 Å². The Morgan fingerprint density at radius 1 is 1.00 bits per heavy atom. The van der Waals surface area contributed by atoms with Gasteiger partial charge in [-0.3, -0.25) is 0 Å². The van der Waals surface area contributed by atoms with Crippen LogP contribution in [0, 0.1) is 0 Å². The summed E-state index contributed by atoms with van der Waals surface area (Å²) in [7, 11) is 3.59. The molecule has 0 aliphatic rings. The molecule has 6 heteroatoms. The molecule has 0 fully saturated rings. The monoisotopic (exact) mass is 200 g/mol. The van der Waals surface area contributed by atoms with E-state index in [0.29, 0.717) is 11.9 Å². The molecular formula is C8H20N6. The molecule has 6 nitrogen and oxygen atoms in total. The summed E-state index contributed by atoms with van der Waals surface area (Å²) in [5.41, 5.74) is 11.2. The third kappa shape index (κ3) is 3.97. The molecule has 0 bridgehead atoms. The Morgan fingerprint density at radius 3 is 1.79 bits per heavy atom. The predicted molar refractivity (Wildman–Crippen MR) is 59.9 cm³/mol. The van der Waals surface area contributed by atoms with Gasteiger partial charge in [0.05, 0.1) is 0 Å². The van der Waals surface area contributed by atoms with Gasteiger partial charge in [0, 0.05) is 27.2 Å². The highest BCUT2D eigenvalue weighted by Crippen LogP contribution is 1.87. The van der Waals surface area contributed by atoms with Gasteiger partial charge in [-0.15, -0.1) is 10.2 Å². The summed E-state index contributed by atoms with van der Waals surface area (Å²) in [5, 5.41) is 7.61. The molecule has 0 unspecified atom stereocenters. The first kappa shape index (κ1) is 12.5. The molecule has 0 aromatic rings. The van der Waals surface area contributed by atoms with Crippen molar-refractivity contribution in [2.75, 3.05) is 27.2 Å². The first-order valence-electron chi connectivity index (χ1n) is 4.61. The summed E-state index contributed by atoms with van der Waals surface area (Å²) >= 11 is 0. The van der Waals surface area contributed by atoms with Crippen molar-refractivity contribution < 1.29 is 0 Å². The molecule has 0 amide bonds. The maximum Gasteiger partial charge on any atom is 0.216 e. The molecule has 0 aliphatic carbocycles. The molecule has 0 atom stereocenters. The molecule has 0 spiro atoms. The summed E-state index contributed by atoms with van der Waals surface area (Å²) in [6.07, 6.45) is 0. The lowest BCUT2D eigenvalue weighted by atomic mass is 10.5. The maximum absolute atomic E-state index is 5.68. The minimum Gasteiger partial charge on any atom is -0.368 e.